The first-order valence-corrected chi connectivity index (χ1v) is 11.6. The molecule has 0 aliphatic heterocycles. The zero-order chi connectivity index (χ0) is 24.6. The lowest BCUT2D eigenvalue weighted by molar-refractivity contribution is -0.117. The maximum atomic E-state index is 13.1. The predicted molar refractivity (Wildman–Crippen MR) is 137 cm³/mol. The Morgan fingerprint density at radius 1 is 0.912 bits per heavy atom. The highest BCUT2D eigenvalue weighted by Gasteiger charge is 2.67. The number of rotatable bonds is 6. The van der Waals surface area contributed by atoms with Gasteiger partial charge in [0.15, 0.2) is 0 Å². The Labute approximate surface area is 215 Å². The van der Waals surface area contributed by atoms with Crippen molar-refractivity contribution in [3.05, 3.63) is 99.8 Å². The average molecular weight is 538 g/mol. The fourth-order valence-electron chi connectivity index (χ4n) is 3.70. The van der Waals surface area contributed by atoms with Crippen LogP contribution in [0.25, 0.3) is 6.08 Å². The lowest BCUT2D eigenvalue weighted by atomic mass is 10.1. The van der Waals surface area contributed by atoms with Crippen LogP contribution in [0.5, 0.6) is 0 Å². The standard InChI is InChI=1S/C25H17Cl4FN2O2/c1-2-13-3-4-14(11-20(13)27)21-22(25(21,28)29)24(34)32-17-9-10-19(26)18(12-17)23(33)31-16-7-5-15(30)6-8-16/h2-12,21-22H,1H2,(H,31,33)(H,32,34)/t21-,22+/m0/s1. The van der Waals surface area contributed by atoms with Gasteiger partial charge in [0.2, 0.25) is 5.91 Å². The normalized spacial score (nSPS) is 18.1. The molecule has 0 unspecified atom stereocenters. The molecule has 0 bridgehead atoms. The van der Waals surface area contributed by atoms with Gasteiger partial charge in [-0.1, -0.05) is 48.0 Å². The molecule has 4 rings (SSSR count). The molecule has 2 amide bonds. The van der Waals surface area contributed by atoms with Crippen LogP contribution >= 0.6 is 46.4 Å². The lowest BCUT2D eigenvalue weighted by Crippen LogP contribution is -2.18. The first kappa shape index (κ1) is 24.6. The average Bonchev–Trinajstić information content (AvgIpc) is 3.38. The van der Waals surface area contributed by atoms with E-state index in [1.807, 2.05) is 0 Å². The minimum absolute atomic E-state index is 0.131. The van der Waals surface area contributed by atoms with Gasteiger partial charge in [0.1, 0.15) is 10.2 Å². The minimum Gasteiger partial charge on any atom is -0.326 e. The number of hydrogen-bond acceptors (Lipinski definition) is 2. The van der Waals surface area contributed by atoms with Gasteiger partial charge in [-0.15, -0.1) is 23.2 Å². The number of alkyl halides is 2. The molecule has 1 saturated carbocycles. The first-order valence-electron chi connectivity index (χ1n) is 10.1. The van der Waals surface area contributed by atoms with Crippen molar-refractivity contribution in [1.29, 1.82) is 0 Å². The molecule has 0 radical (unpaired) electrons. The van der Waals surface area contributed by atoms with Gasteiger partial charge in [-0.2, -0.15) is 0 Å². The van der Waals surface area contributed by atoms with E-state index in [0.29, 0.717) is 16.4 Å². The van der Waals surface area contributed by atoms with Crippen molar-refractivity contribution in [2.24, 2.45) is 5.92 Å². The molecule has 174 valence electrons. The van der Waals surface area contributed by atoms with Gasteiger partial charge < -0.3 is 10.6 Å². The molecule has 3 aromatic carbocycles. The van der Waals surface area contributed by atoms with Crippen LogP contribution in [0.2, 0.25) is 10.0 Å². The second-order valence-electron chi connectivity index (χ2n) is 7.76. The Kier molecular flexibility index (Phi) is 6.92. The van der Waals surface area contributed by atoms with Crippen LogP contribution in [-0.2, 0) is 4.79 Å². The summed E-state index contributed by atoms with van der Waals surface area (Å²) in [5.41, 5.74) is 2.36. The molecule has 1 aliphatic carbocycles. The molecule has 9 heteroatoms. The van der Waals surface area contributed by atoms with Crippen LogP contribution in [0.4, 0.5) is 15.8 Å². The molecular formula is C25H17Cl4FN2O2. The van der Waals surface area contributed by atoms with Crippen molar-refractivity contribution in [3.8, 4) is 0 Å². The number of nitrogens with one attached hydrogen (secondary N) is 2. The van der Waals surface area contributed by atoms with E-state index in [9.17, 15) is 14.0 Å². The van der Waals surface area contributed by atoms with Crippen LogP contribution in [0.1, 0.15) is 27.4 Å². The van der Waals surface area contributed by atoms with Crippen molar-refractivity contribution in [3.63, 3.8) is 0 Å². The molecule has 1 fully saturated rings. The third-order valence-corrected chi connectivity index (χ3v) is 7.12. The van der Waals surface area contributed by atoms with Crippen molar-refractivity contribution in [2.75, 3.05) is 10.6 Å². The zero-order valence-electron chi connectivity index (χ0n) is 17.4. The van der Waals surface area contributed by atoms with E-state index in [4.69, 9.17) is 46.4 Å². The molecule has 1 aliphatic rings. The number of carbonyl (C=O) groups is 2. The highest BCUT2D eigenvalue weighted by Crippen LogP contribution is 2.65. The zero-order valence-corrected chi connectivity index (χ0v) is 20.4. The second kappa shape index (κ2) is 9.59. The van der Waals surface area contributed by atoms with Crippen LogP contribution < -0.4 is 10.6 Å². The van der Waals surface area contributed by atoms with Crippen LogP contribution in [0.3, 0.4) is 0 Å². The highest BCUT2D eigenvalue weighted by atomic mass is 35.5. The lowest BCUT2D eigenvalue weighted by Gasteiger charge is -2.10. The molecule has 0 aromatic heterocycles. The van der Waals surface area contributed by atoms with Gasteiger partial charge in [0.25, 0.3) is 5.91 Å². The Hall–Kier alpha value is -2.57. The van der Waals surface area contributed by atoms with Crippen molar-refractivity contribution in [1.82, 2.24) is 0 Å². The smallest absolute Gasteiger partial charge is 0.257 e. The Bertz CT molecular complexity index is 1290. The third kappa shape index (κ3) is 4.93. The Balaban J connectivity index is 1.50. The van der Waals surface area contributed by atoms with E-state index in [1.54, 1.807) is 30.3 Å². The molecule has 0 saturated heterocycles. The number of carbonyl (C=O) groups excluding carboxylic acids is 2. The summed E-state index contributed by atoms with van der Waals surface area (Å²) in [5, 5.41) is 6.05. The summed E-state index contributed by atoms with van der Waals surface area (Å²) in [6.45, 7) is 3.70. The molecule has 3 aromatic rings. The van der Waals surface area contributed by atoms with E-state index in [2.05, 4.69) is 17.2 Å². The summed E-state index contributed by atoms with van der Waals surface area (Å²) in [5.74, 6) is -2.54. The molecule has 2 atom stereocenters. The molecule has 0 heterocycles. The summed E-state index contributed by atoms with van der Waals surface area (Å²) in [6, 6.07) is 15.1. The monoisotopic (exact) mass is 536 g/mol. The minimum atomic E-state index is -1.31. The molecule has 34 heavy (non-hydrogen) atoms. The van der Waals surface area contributed by atoms with Gasteiger partial charge in [0.05, 0.1) is 16.5 Å². The third-order valence-electron chi connectivity index (χ3n) is 5.52. The van der Waals surface area contributed by atoms with E-state index in [1.165, 1.54) is 36.4 Å². The highest BCUT2D eigenvalue weighted by molar-refractivity contribution is 6.53. The summed E-state index contributed by atoms with van der Waals surface area (Å²) in [4.78, 5) is 25.6. The quantitative estimate of drug-likeness (QED) is 0.319. The van der Waals surface area contributed by atoms with E-state index < -0.39 is 33.8 Å². The Morgan fingerprint density at radius 3 is 2.24 bits per heavy atom. The van der Waals surface area contributed by atoms with Gasteiger partial charge in [-0.25, -0.2) is 4.39 Å². The molecule has 2 N–H and O–H groups in total. The maximum Gasteiger partial charge on any atom is 0.257 e. The van der Waals surface area contributed by atoms with Gasteiger partial charge in [-0.05, 0) is 59.7 Å². The number of amides is 2. The fraction of sp³-hybridized carbons (Fsp3) is 0.120. The van der Waals surface area contributed by atoms with Crippen molar-refractivity contribution < 1.29 is 14.0 Å². The van der Waals surface area contributed by atoms with E-state index in [0.717, 1.165) is 11.1 Å². The summed E-state index contributed by atoms with van der Waals surface area (Å²) < 4.78 is 11.8. The largest absolute Gasteiger partial charge is 0.326 e. The van der Waals surface area contributed by atoms with E-state index in [-0.39, 0.29) is 10.6 Å². The van der Waals surface area contributed by atoms with Gasteiger partial charge >= 0.3 is 0 Å². The molecular weight excluding hydrogens is 521 g/mol. The van der Waals surface area contributed by atoms with Crippen LogP contribution in [0.15, 0.2) is 67.2 Å². The molecule has 0 spiro atoms. The van der Waals surface area contributed by atoms with Crippen LogP contribution in [-0.4, -0.2) is 16.1 Å². The maximum absolute atomic E-state index is 13.1. The van der Waals surface area contributed by atoms with Crippen molar-refractivity contribution in [2.45, 2.75) is 10.3 Å². The SMILES string of the molecule is C=Cc1ccc([C@H]2[C@H](C(=O)Nc3ccc(Cl)c(C(=O)Nc4ccc(F)cc4)c3)C2(Cl)Cl)cc1Cl. The van der Waals surface area contributed by atoms with Gasteiger partial charge in [-0.3, -0.25) is 9.59 Å². The van der Waals surface area contributed by atoms with E-state index >= 15 is 0 Å². The summed E-state index contributed by atoms with van der Waals surface area (Å²) in [6.07, 6.45) is 1.63. The first-order chi connectivity index (χ1) is 16.1. The predicted octanol–water partition coefficient (Wildman–Crippen LogP) is 7.55. The van der Waals surface area contributed by atoms with Crippen molar-refractivity contribution >= 4 is 75.7 Å². The number of benzene rings is 3. The molecule has 4 nitrogen and oxygen atoms in total. The number of anilines is 2. The summed E-state index contributed by atoms with van der Waals surface area (Å²) >= 11 is 25.3. The number of halogens is 5. The Morgan fingerprint density at radius 2 is 1.59 bits per heavy atom. The van der Waals surface area contributed by atoms with Crippen LogP contribution in [0, 0.1) is 11.7 Å². The second-order valence-corrected chi connectivity index (χ2v) is 10.0. The topological polar surface area (TPSA) is 58.2 Å². The fourth-order valence-corrected chi connectivity index (χ4v) is 5.00. The summed E-state index contributed by atoms with van der Waals surface area (Å²) in [7, 11) is 0. The van der Waals surface area contributed by atoms with Gasteiger partial charge in [0, 0.05) is 22.3 Å². The number of hydrogen-bond donors (Lipinski definition) is 2.